The van der Waals surface area contributed by atoms with Crippen LogP contribution in [0.2, 0.25) is 0 Å². The molecule has 0 unspecified atom stereocenters. The first-order chi connectivity index (χ1) is 10.0. The van der Waals surface area contributed by atoms with E-state index in [1.165, 1.54) is 12.3 Å². The van der Waals surface area contributed by atoms with Crippen LogP contribution < -0.4 is 10.5 Å². The van der Waals surface area contributed by atoms with Gasteiger partial charge in [0.25, 0.3) is 0 Å². The Morgan fingerprint density at radius 2 is 2.10 bits per heavy atom. The van der Waals surface area contributed by atoms with Crippen molar-refractivity contribution in [2.45, 2.75) is 20.8 Å². The highest BCUT2D eigenvalue weighted by Crippen LogP contribution is 2.27. The first-order valence-corrected chi connectivity index (χ1v) is 6.69. The third-order valence-corrected chi connectivity index (χ3v) is 3.17. The Morgan fingerprint density at radius 3 is 2.81 bits per heavy atom. The lowest BCUT2D eigenvalue weighted by atomic mass is 10.1. The highest BCUT2D eigenvalue weighted by atomic mass is 16.5. The smallest absolute Gasteiger partial charge is 0.340 e. The second-order valence-electron chi connectivity index (χ2n) is 4.63. The first kappa shape index (κ1) is 14.8. The van der Waals surface area contributed by atoms with E-state index in [9.17, 15) is 4.79 Å². The van der Waals surface area contributed by atoms with Gasteiger partial charge in [0.1, 0.15) is 5.75 Å². The molecule has 0 aliphatic heterocycles. The van der Waals surface area contributed by atoms with Crippen molar-refractivity contribution in [3.05, 3.63) is 47.2 Å². The molecule has 5 nitrogen and oxygen atoms in total. The van der Waals surface area contributed by atoms with E-state index >= 15 is 0 Å². The Kier molecular flexibility index (Phi) is 4.42. The lowest BCUT2D eigenvalue weighted by Crippen LogP contribution is -2.09. The molecule has 1 aromatic carbocycles. The molecule has 1 heterocycles. The number of rotatable bonds is 4. The molecule has 0 atom stereocenters. The quantitative estimate of drug-likeness (QED) is 0.873. The summed E-state index contributed by atoms with van der Waals surface area (Å²) in [6, 6.07) is 7.25. The van der Waals surface area contributed by atoms with Crippen LogP contribution in [0.4, 0.5) is 5.69 Å². The molecule has 2 aromatic rings. The van der Waals surface area contributed by atoms with E-state index in [-0.39, 0.29) is 17.9 Å². The minimum Gasteiger partial charge on any atom is -0.462 e. The van der Waals surface area contributed by atoms with Crippen molar-refractivity contribution in [2.75, 3.05) is 12.3 Å². The number of hydrogen-bond acceptors (Lipinski definition) is 5. The fourth-order valence-electron chi connectivity index (χ4n) is 1.84. The summed E-state index contributed by atoms with van der Waals surface area (Å²) in [7, 11) is 0. The standard InChI is InChI=1S/C16H18N2O3/c1-4-20-16(19)12-8-15(18-9-13(12)17)21-14-7-5-6-10(2)11(14)3/h5-9H,4,17H2,1-3H3. The molecule has 0 saturated heterocycles. The fourth-order valence-corrected chi connectivity index (χ4v) is 1.84. The molecule has 110 valence electrons. The molecule has 0 aliphatic rings. The number of esters is 1. The zero-order valence-electron chi connectivity index (χ0n) is 12.3. The number of nitrogens with two attached hydrogens (primary N) is 1. The van der Waals surface area contributed by atoms with E-state index in [2.05, 4.69) is 4.98 Å². The molecule has 0 radical (unpaired) electrons. The lowest BCUT2D eigenvalue weighted by Gasteiger charge is -2.11. The average Bonchev–Trinajstić information content (AvgIpc) is 2.46. The second-order valence-corrected chi connectivity index (χ2v) is 4.63. The third-order valence-electron chi connectivity index (χ3n) is 3.17. The van der Waals surface area contributed by atoms with Gasteiger partial charge in [-0.15, -0.1) is 0 Å². The summed E-state index contributed by atoms with van der Waals surface area (Å²) in [5.41, 5.74) is 8.41. The summed E-state index contributed by atoms with van der Waals surface area (Å²) in [5.74, 6) is 0.520. The van der Waals surface area contributed by atoms with Crippen LogP contribution in [0.15, 0.2) is 30.5 Å². The number of nitrogen functional groups attached to an aromatic ring is 1. The van der Waals surface area contributed by atoms with Crippen molar-refractivity contribution < 1.29 is 14.3 Å². The maximum atomic E-state index is 11.8. The summed E-state index contributed by atoms with van der Waals surface area (Å²) >= 11 is 0. The van der Waals surface area contributed by atoms with Crippen LogP contribution in [0.3, 0.4) is 0 Å². The van der Waals surface area contributed by atoms with Crippen LogP contribution in [0.1, 0.15) is 28.4 Å². The number of hydrogen-bond donors (Lipinski definition) is 1. The molecule has 2 rings (SSSR count). The monoisotopic (exact) mass is 286 g/mol. The molecule has 0 saturated carbocycles. The molecule has 0 bridgehead atoms. The van der Waals surface area contributed by atoms with Gasteiger partial charge in [-0.2, -0.15) is 0 Å². The van der Waals surface area contributed by atoms with Crippen LogP contribution in [0.25, 0.3) is 0 Å². The van der Waals surface area contributed by atoms with Gasteiger partial charge in [-0.05, 0) is 38.0 Å². The van der Waals surface area contributed by atoms with Crippen LogP contribution >= 0.6 is 0 Å². The molecule has 1 aromatic heterocycles. The van der Waals surface area contributed by atoms with Crippen molar-refractivity contribution in [3.8, 4) is 11.6 Å². The summed E-state index contributed by atoms with van der Waals surface area (Å²) in [5, 5.41) is 0. The first-order valence-electron chi connectivity index (χ1n) is 6.69. The van der Waals surface area contributed by atoms with Gasteiger partial charge in [0, 0.05) is 6.07 Å². The topological polar surface area (TPSA) is 74.4 Å². The number of pyridine rings is 1. The van der Waals surface area contributed by atoms with Gasteiger partial charge in [-0.1, -0.05) is 12.1 Å². The number of aryl methyl sites for hydroxylation is 1. The number of ether oxygens (including phenoxy) is 2. The molecule has 0 amide bonds. The number of nitrogens with zero attached hydrogens (tertiary/aromatic N) is 1. The van der Waals surface area contributed by atoms with Gasteiger partial charge in [0.15, 0.2) is 0 Å². The molecule has 0 spiro atoms. The number of carbonyl (C=O) groups is 1. The highest BCUT2D eigenvalue weighted by molar-refractivity contribution is 5.95. The fraction of sp³-hybridized carbons (Fsp3) is 0.250. The normalized spacial score (nSPS) is 10.2. The van der Waals surface area contributed by atoms with Gasteiger partial charge in [0.05, 0.1) is 24.1 Å². The van der Waals surface area contributed by atoms with Crippen molar-refractivity contribution in [1.82, 2.24) is 4.98 Å². The second kappa shape index (κ2) is 6.26. The van der Waals surface area contributed by atoms with Crippen molar-refractivity contribution >= 4 is 11.7 Å². The van der Waals surface area contributed by atoms with Crippen molar-refractivity contribution in [1.29, 1.82) is 0 Å². The van der Waals surface area contributed by atoms with Gasteiger partial charge >= 0.3 is 5.97 Å². The average molecular weight is 286 g/mol. The van der Waals surface area contributed by atoms with Gasteiger partial charge in [0.2, 0.25) is 5.88 Å². The van der Waals surface area contributed by atoms with Crippen LogP contribution in [0, 0.1) is 13.8 Å². The molecule has 0 fully saturated rings. The van der Waals surface area contributed by atoms with Crippen molar-refractivity contribution in [3.63, 3.8) is 0 Å². The molecular weight excluding hydrogens is 268 g/mol. The zero-order chi connectivity index (χ0) is 15.4. The van der Waals surface area contributed by atoms with Crippen LogP contribution in [0.5, 0.6) is 11.6 Å². The minimum atomic E-state index is -0.483. The Morgan fingerprint density at radius 1 is 1.33 bits per heavy atom. The van der Waals surface area contributed by atoms with Gasteiger partial charge in [-0.25, -0.2) is 9.78 Å². The Hall–Kier alpha value is -2.56. The van der Waals surface area contributed by atoms with E-state index in [4.69, 9.17) is 15.2 Å². The Labute approximate surface area is 123 Å². The van der Waals surface area contributed by atoms with E-state index in [0.29, 0.717) is 11.6 Å². The lowest BCUT2D eigenvalue weighted by molar-refractivity contribution is 0.0527. The Balaban J connectivity index is 2.31. The van der Waals surface area contributed by atoms with Gasteiger partial charge in [-0.3, -0.25) is 0 Å². The Bertz CT molecular complexity index is 669. The maximum absolute atomic E-state index is 11.8. The van der Waals surface area contributed by atoms with Crippen LogP contribution in [-0.2, 0) is 4.74 Å². The summed E-state index contributed by atoms with van der Waals surface area (Å²) in [6.45, 7) is 5.99. The summed E-state index contributed by atoms with van der Waals surface area (Å²) in [6.07, 6.45) is 1.40. The number of anilines is 1. The molecule has 5 heteroatoms. The molecular formula is C16H18N2O3. The number of benzene rings is 1. The minimum absolute atomic E-state index is 0.257. The molecule has 0 aliphatic carbocycles. The summed E-state index contributed by atoms with van der Waals surface area (Å²) < 4.78 is 10.7. The number of carbonyl (C=O) groups excluding carboxylic acids is 1. The van der Waals surface area contributed by atoms with Crippen molar-refractivity contribution in [2.24, 2.45) is 0 Å². The highest BCUT2D eigenvalue weighted by Gasteiger charge is 2.14. The molecule has 21 heavy (non-hydrogen) atoms. The zero-order valence-corrected chi connectivity index (χ0v) is 12.3. The van der Waals surface area contributed by atoms with Gasteiger partial charge < -0.3 is 15.2 Å². The SMILES string of the molecule is CCOC(=O)c1cc(Oc2cccc(C)c2C)ncc1N. The summed E-state index contributed by atoms with van der Waals surface area (Å²) in [4.78, 5) is 15.9. The predicted molar refractivity (Wildman–Crippen MR) is 80.6 cm³/mol. The number of aromatic nitrogens is 1. The van der Waals surface area contributed by atoms with E-state index in [1.807, 2.05) is 32.0 Å². The van der Waals surface area contributed by atoms with Crippen LogP contribution in [-0.4, -0.2) is 17.6 Å². The molecule has 2 N–H and O–H groups in total. The maximum Gasteiger partial charge on any atom is 0.340 e. The van der Waals surface area contributed by atoms with E-state index in [1.54, 1.807) is 6.92 Å². The largest absolute Gasteiger partial charge is 0.462 e. The van der Waals surface area contributed by atoms with E-state index in [0.717, 1.165) is 11.1 Å². The predicted octanol–water partition coefficient (Wildman–Crippen LogP) is 3.25. The third kappa shape index (κ3) is 3.31. The van der Waals surface area contributed by atoms with E-state index < -0.39 is 5.97 Å².